The van der Waals surface area contributed by atoms with Crippen molar-refractivity contribution in [2.45, 2.75) is 70.5 Å². The molecule has 0 aliphatic heterocycles. The van der Waals surface area contributed by atoms with Crippen molar-refractivity contribution in [2.24, 2.45) is 0 Å². The molecular formula is C33H39Cl2N3O4S. The van der Waals surface area contributed by atoms with Gasteiger partial charge in [-0.25, -0.2) is 8.42 Å². The van der Waals surface area contributed by atoms with E-state index in [4.69, 9.17) is 23.2 Å². The molecule has 2 amide bonds. The molecule has 43 heavy (non-hydrogen) atoms. The molecule has 10 heteroatoms. The van der Waals surface area contributed by atoms with Gasteiger partial charge in [-0.15, -0.1) is 0 Å². The van der Waals surface area contributed by atoms with E-state index in [-0.39, 0.29) is 54.5 Å². The van der Waals surface area contributed by atoms with Gasteiger partial charge in [-0.1, -0.05) is 90.6 Å². The number of halogens is 2. The predicted molar refractivity (Wildman–Crippen MR) is 174 cm³/mol. The second-order valence-electron chi connectivity index (χ2n) is 11.2. The van der Waals surface area contributed by atoms with Gasteiger partial charge in [0.05, 0.1) is 17.0 Å². The summed E-state index contributed by atoms with van der Waals surface area (Å²) in [5.41, 5.74) is 3.19. The van der Waals surface area contributed by atoms with E-state index in [1.54, 1.807) is 17.0 Å². The SMILES string of the molecule is Cc1ccccc1CN(C(=O)CCCN(c1cc(Cl)ccc1Cl)S(C)(=O)=O)[C@@H](Cc1ccccc1)C(=O)NC1CCCC1. The summed E-state index contributed by atoms with van der Waals surface area (Å²) in [6, 6.07) is 21.5. The summed E-state index contributed by atoms with van der Waals surface area (Å²) in [6.07, 6.45) is 5.75. The van der Waals surface area contributed by atoms with E-state index < -0.39 is 16.1 Å². The first-order valence-corrected chi connectivity index (χ1v) is 17.2. The third kappa shape index (κ3) is 9.21. The minimum absolute atomic E-state index is 0.0282. The lowest BCUT2D eigenvalue weighted by Gasteiger charge is -2.33. The number of nitrogens with one attached hydrogen (secondary N) is 1. The number of nitrogens with zero attached hydrogens (tertiary/aromatic N) is 2. The Hall–Kier alpha value is -3.07. The highest BCUT2D eigenvalue weighted by molar-refractivity contribution is 7.92. The number of sulfonamides is 1. The fourth-order valence-electron chi connectivity index (χ4n) is 5.55. The molecule has 0 heterocycles. The molecule has 1 aliphatic rings. The van der Waals surface area contributed by atoms with Gasteiger partial charge in [-0.2, -0.15) is 0 Å². The normalized spacial score (nSPS) is 14.3. The van der Waals surface area contributed by atoms with E-state index in [1.807, 2.05) is 61.5 Å². The van der Waals surface area contributed by atoms with E-state index in [0.717, 1.165) is 48.6 Å². The van der Waals surface area contributed by atoms with Crippen molar-refractivity contribution in [2.75, 3.05) is 17.1 Å². The smallest absolute Gasteiger partial charge is 0.243 e. The standard InChI is InChI=1S/C33H39Cl2N3O4S/c1-24-11-6-7-14-26(24)23-37(31(21-25-12-4-3-5-13-25)33(40)36-28-15-8-9-16-28)32(39)17-10-20-38(43(2,41)42)30-22-27(34)18-19-29(30)35/h3-7,11-14,18-19,22,28,31H,8-10,15-17,20-21,23H2,1-2H3,(H,36,40)/t31-/m0/s1. The van der Waals surface area contributed by atoms with Crippen molar-refractivity contribution in [3.8, 4) is 0 Å². The van der Waals surface area contributed by atoms with Crippen LogP contribution in [0.5, 0.6) is 0 Å². The maximum Gasteiger partial charge on any atom is 0.243 e. The molecule has 230 valence electrons. The van der Waals surface area contributed by atoms with Crippen molar-refractivity contribution < 1.29 is 18.0 Å². The Bertz CT molecular complexity index is 1510. The Morgan fingerprint density at radius 1 is 0.977 bits per heavy atom. The first-order valence-electron chi connectivity index (χ1n) is 14.6. The van der Waals surface area contributed by atoms with E-state index in [9.17, 15) is 18.0 Å². The van der Waals surface area contributed by atoms with Crippen LogP contribution in [0, 0.1) is 6.92 Å². The van der Waals surface area contributed by atoms with Crippen molar-refractivity contribution in [1.82, 2.24) is 10.2 Å². The van der Waals surface area contributed by atoms with Crippen molar-refractivity contribution in [3.63, 3.8) is 0 Å². The average Bonchev–Trinajstić information content (AvgIpc) is 3.48. The Morgan fingerprint density at radius 3 is 2.33 bits per heavy atom. The van der Waals surface area contributed by atoms with Crippen molar-refractivity contribution in [3.05, 3.63) is 99.5 Å². The van der Waals surface area contributed by atoms with Crippen molar-refractivity contribution in [1.29, 1.82) is 0 Å². The Balaban J connectivity index is 1.61. The molecule has 1 atom stereocenters. The van der Waals surface area contributed by atoms with Crippen LogP contribution in [0.1, 0.15) is 55.2 Å². The lowest BCUT2D eigenvalue weighted by Crippen LogP contribution is -2.52. The highest BCUT2D eigenvalue weighted by Crippen LogP contribution is 2.31. The highest BCUT2D eigenvalue weighted by Gasteiger charge is 2.32. The molecule has 4 rings (SSSR count). The first-order chi connectivity index (χ1) is 20.5. The summed E-state index contributed by atoms with van der Waals surface area (Å²) < 4.78 is 26.6. The second kappa shape index (κ2) is 15.1. The highest BCUT2D eigenvalue weighted by atomic mass is 35.5. The summed E-state index contributed by atoms with van der Waals surface area (Å²) >= 11 is 12.5. The van der Waals surface area contributed by atoms with Crippen LogP contribution in [-0.2, 0) is 32.6 Å². The maximum absolute atomic E-state index is 14.1. The van der Waals surface area contributed by atoms with Gasteiger partial charge in [-0.05, 0) is 61.1 Å². The lowest BCUT2D eigenvalue weighted by molar-refractivity contribution is -0.141. The van der Waals surface area contributed by atoms with Crippen LogP contribution in [0.25, 0.3) is 0 Å². The van der Waals surface area contributed by atoms with Gasteiger partial charge in [0.15, 0.2) is 0 Å². The molecule has 3 aromatic carbocycles. The fraction of sp³-hybridized carbons (Fsp3) is 0.394. The third-order valence-corrected chi connectivity index (χ3v) is 9.64. The molecule has 0 radical (unpaired) electrons. The van der Waals surface area contributed by atoms with Crippen LogP contribution in [0.15, 0.2) is 72.8 Å². The minimum Gasteiger partial charge on any atom is -0.352 e. The number of rotatable bonds is 13. The van der Waals surface area contributed by atoms with E-state index in [1.165, 1.54) is 10.4 Å². The third-order valence-electron chi connectivity index (χ3n) is 7.90. The van der Waals surface area contributed by atoms with Crippen LogP contribution >= 0.6 is 23.2 Å². The van der Waals surface area contributed by atoms with E-state index in [2.05, 4.69) is 5.32 Å². The zero-order valence-electron chi connectivity index (χ0n) is 24.6. The van der Waals surface area contributed by atoms with Gasteiger partial charge in [0.2, 0.25) is 21.8 Å². The molecule has 0 saturated heterocycles. The topological polar surface area (TPSA) is 86.8 Å². The molecule has 0 aromatic heterocycles. The molecule has 1 N–H and O–H groups in total. The molecule has 0 spiro atoms. The van der Waals surface area contributed by atoms with Gasteiger partial charge >= 0.3 is 0 Å². The summed E-state index contributed by atoms with van der Waals surface area (Å²) in [6.45, 7) is 2.28. The maximum atomic E-state index is 14.1. The Kier molecular flexibility index (Phi) is 11.5. The number of anilines is 1. The van der Waals surface area contributed by atoms with Gasteiger partial charge in [0.25, 0.3) is 0 Å². The van der Waals surface area contributed by atoms with E-state index >= 15 is 0 Å². The molecule has 0 bridgehead atoms. The quantitative estimate of drug-likeness (QED) is 0.229. The van der Waals surface area contributed by atoms with Gasteiger partial charge in [0.1, 0.15) is 6.04 Å². The predicted octanol–water partition coefficient (Wildman–Crippen LogP) is 6.55. The summed E-state index contributed by atoms with van der Waals surface area (Å²) in [5, 5.41) is 3.81. The van der Waals surface area contributed by atoms with E-state index in [0.29, 0.717) is 11.4 Å². The number of aryl methyl sites for hydroxylation is 1. The molecular weight excluding hydrogens is 605 g/mol. The van der Waals surface area contributed by atoms with Gasteiger partial charge in [0, 0.05) is 37.0 Å². The number of carbonyl (C=O) groups excluding carboxylic acids is 2. The number of benzene rings is 3. The van der Waals surface area contributed by atoms with Crippen LogP contribution in [-0.4, -0.2) is 50.0 Å². The zero-order valence-corrected chi connectivity index (χ0v) is 27.0. The molecule has 1 saturated carbocycles. The molecule has 7 nitrogen and oxygen atoms in total. The van der Waals surface area contributed by atoms with Crippen LogP contribution in [0.4, 0.5) is 5.69 Å². The van der Waals surface area contributed by atoms with Crippen LogP contribution < -0.4 is 9.62 Å². The summed E-state index contributed by atoms with van der Waals surface area (Å²) in [4.78, 5) is 29.6. The molecule has 1 fully saturated rings. The zero-order chi connectivity index (χ0) is 31.0. The molecule has 1 aliphatic carbocycles. The average molecular weight is 645 g/mol. The molecule has 3 aromatic rings. The monoisotopic (exact) mass is 643 g/mol. The number of hydrogen-bond donors (Lipinski definition) is 1. The lowest BCUT2D eigenvalue weighted by atomic mass is 10.0. The largest absolute Gasteiger partial charge is 0.352 e. The minimum atomic E-state index is -3.71. The van der Waals surface area contributed by atoms with Crippen molar-refractivity contribution >= 4 is 50.7 Å². The number of hydrogen-bond acceptors (Lipinski definition) is 4. The van der Waals surface area contributed by atoms with Gasteiger partial charge < -0.3 is 10.2 Å². The van der Waals surface area contributed by atoms with Crippen LogP contribution in [0.3, 0.4) is 0 Å². The fourth-order valence-corrected chi connectivity index (χ4v) is 6.96. The molecule has 0 unspecified atom stereocenters. The number of carbonyl (C=O) groups is 2. The Morgan fingerprint density at radius 2 is 1.65 bits per heavy atom. The van der Waals surface area contributed by atoms with Gasteiger partial charge in [-0.3, -0.25) is 13.9 Å². The summed E-state index contributed by atoms with van der Waals surface area (Å²) in [5.74, 6) is -0.391. The Labute approximate surface area is 265 Å². The second-order valence-corrected chi connectivity index (χ2v) is 13.9. The first kappa shape index (κ1) is 32.8. The summed E-state index contributed by atoms with van der Waals surface area (Å²) in [7, 11) is -3.71. The number of amides is 2. The van der Waals surface area contributed by atoms with Crippen LogP contribution in [0.2, 0.25) is 10.0 Å².